The van der Waals surface area contributed by atoms with Gasteiger partial charge in [-0.05, 0) is 40.7 Å². The maximum atomic E-state index is 13.8. The molecule has 1 N–H and O–H groups in total. The Labute approximate surface area is 200 Å². The summed E-state index contributed by atoms with van der Waals surface area (Å²) in [6.45, 7) is 0. The Kier molecular flexibility index (Phi) is 4.92. The van der Waals surface area contributed by atoms with Crippen LogP contribution in [0.3, 0.4) is 0 Å². The number of imide groups is 1. The molecule has 2 bridgehead atoms. The number of aliphatic carboxylic acids is 1. The summed E-state index contributed by atoms with van der Waals surface area (Å²) in [4.78, 5) is 40.7. The molecule has 0 saturated carbocycles. The van der Waals surface area contributed by atoms with Gasteiger partial charge in [0.1, 0.15) is 6.04 Å². The average Bonchev–Trinajstić information content (AvgIpc) is 3.04. The average molecular weight is 565 g/mol. The molecular formula is C23H19Br2NO4S. The first-order valence-corrected chi connectivity index (χ1v) is 12.9. The van der Waals surface area contributed by atoms with E-state index in [2.05, 4.69) is 31.9 Å². The van der Waals surface area contributed by atoms with Crippen molar-refractivity contribution in [1.82, 2.24) is 4.90 Å². The normalized spacial score (nSPS) is 31.3. The molecule has 2 aromatic carbocycles. The summed E-state index contributed by atoms with van der Waals surface area (Å²) in [6, 6.07) is 14.5. The van der Waals surface area contributed by atoms with Crippen LogP contribution in [0.25, 0.3) is 0 Å². The van der Waals surface area contributed by atoms with Gasteiger partial charge in [0.05, 0.1) is 20.5 Å². The topological polar surface area (TPSA) is 74.7 Å². The van der Waals surface area contributed by atoms with E-state index in [4.69, 9.17) is 0 Å². The molecule has 8 heteroatoms. The molecule has 2 amide bonds. The van der Waals surface area contributed by atoms with Gasteiger partial charge < -0.3 is 5.11 Å². The van der Waals surface area contributed by atoms with Gasteiger partial charge in [-0.15, -0.1) is 0 Å². The smallest absolute Gasteiger partial charge is 0.326 e. The van der Waals surface area contributed by atoms with E-state index in [1.165, 1.54) is 11.8 Å². The van der Waals surface area contributed by atoms with E-state index in [1.54, 1.807) is 0 Å². The van der Waals surface area contributed by atoms with Crippen molar-refractivity contribution in [3.63, 3.8) is 0 Å². The fourth-order valence-corrected chi connectivity index (χ4v) is 8.35. The molecule has 160 valence electrons. The van der Waals surface area contributed by atoms with Crippen LogP contribution in [0, 0.1) is 11.8 Å². The Bertz CT molecular complexity index is 1010. The predicted octanol–water partition coefficient (Wildman–Crippen LogP) is 4.10. The molecule has 0 aromatic heterocycles. The van der Waals surface area contributed by atoms with Crippen LogP contribution in [0.1, 0.15) is 28.7 Å². The molecule has 3 aliphatic carbocycles. The van der Waals surface area contributed by atoms with E-state index < -0.39 is 44.3 Å². The molecule has 3 atom stereocenters. The molecule has 1 fully saturated rings. The van der Waals surface area contributed by atoms with Gasteiger partial charge in [-0.2, -0.15) is 11.8 Å². The fourth-order valence-electron chi connectivity index (χ4n) is 5.59. The van der Waals surface area contributed by atoms with E-state index in [1.807, 2.05) is 54.8 Å². The van der Waals surface area contributed by atoms with Crippen molar-refractivity contribution in [2.75, 3.05) is 12.0 Å². The molecule has 1 heterocycles. The summed E-state index contributed by atoms with van der Waals surface area (Å²) < 4.78 is -1.80. The van der Waals surface area contributed by atoms with Gasteiger partial charge in [-0.3, -0.25) is 14.5 Å². The summed E-state index contributed by atoms with van der Waals surface area (Å²) in [5.74, 6) is -2.92. The molecule has 1 saturated heterocycles. The molecule has 4 aliphatic rings. The first-order chi connectivity index (χ1) is 14.8. The second kappa shape index (κ2) is 7.18. The van der Waals surface area contributed by atoms with Crippen LogP contribution < -0.4 is 0 Å². The lowest BCUT2D eigenvalue weighted by atomic mass is 9.54. The summed E-state index contributed by atoms with van der Waals surface area (Å²) in [5.41, 5.74) is 3.74. The molecule has 0 radical (unpaired) electrons. The third-order valence-electron chi connectivity index (χ3n) is 6.81. The number of carbonyl (C=O) groups is 3. The zero-order chi connectivity index (χ0) is 22.1. The van der Waals surface area contributed by atoms with Crippen LogP contribution in [0.15, 0.2) is 48.5 Å². The minimum Gasteiger partial charge on any atom is -0.480 e. The first-order valence-electron chi connectivity index (χ1n) is 9.96. The Morgan fingerprint density at radius 3 is 1.68 bits per heavy atom. The predicted molar refractivity (Wildman–Crippen MR) is 126 cm³/mol. The molecule has 0 spiro atoms. The van der Waals surface area contributed by atoms with E-state index in [-0.39, 0.29) is 6.42 Å². The van der Waals surface area contributed by atoms with E-state index >= 15 is 0 Å². The molecular weight excluding hydrogens is 546 g/mol. The zero-order valence-corrected chi connectivity index (χ0v) is 20.5. The maximum Gasteiger partial charge on any atom is 0.326 e. The second-order valence-corrected chi connectivity index (χ2v) is 11.6. The fraction of sp³-hybridized carbons (Fsp3) is 0.348. The van der Waals surface area contributed by atoms with Gasteiger partial charge in [0.2, 0.25) is 11.8 Å². The van der Waals surface area contributed by atoms with E-state index in [0.29, 0.717) is 5.75 Å². The van der Waals surface area contributed by atoms with Gasteiger partial charge in [0.15, 0.2) is 0 Å². The number of amides is 2. The minimum absolute atomic E-state index is 0.220. The Balaban J connectivity index is 1.76. The van der Waals surface area contributed by atoms with Crippen molar-refractivity contribution in [3.05, 3.63) is 70.8 Å². The van der Waals surface area contributed by atoms with Gasteiger partial charge in [0.25, 0.3) is 0 Å². The summed E-state index contributed by atoms with van der Waals surface area (Å²) in [7, 11) is 0. The number of carboxylic acids is 1. The number of carbonyl (C=O) groups excluding carboxylic acids is 2. The molecule has 5 nitrogen and oxygen atoms in total. The van der Waals surface area contributed by atoms with Gasteiger partial charge in [-0.1, -0.05) is 80.4 Å². The summed E-state index contributed by atoms with van der Waals surface area (Å²) in [5, 5.41) is 9.87. The highest BCUT2D eigenvalue weighted by Gasteiger charge is 2.73. The third kappa shape index (κ3) is 2.52. The zero-order valence-electron chi connectivity index (χ0n) is 16.5. The number of likely N-dealkylation sites (tertiary alicyclic amines) is 1. The van der Waals surface area contributed by atoms with Gasteiger partial charge >= 0.3 is 5.97 Å². The highest BCUT2D eigenvalue weighted by Crippen LogP contribution is 2.70. The van der Waals surface area contributed by atoms with Crippen molar-refractivity contribution in [3.8, 4) is 0 Å². The number of hydrogen-bond donors (Lipinski definition) is 1. The maximum absolute atomic E-state index is 13.8. The van der Waals surface area contributed by atoms with Crippen LogP contribution >= 0.6 is 43.6 Å². The van der Waals surface area contributed by atoms with E-state index in [0.717, 1.165) is 27.2 Å². The molecule has 3 unspecified atom stereocenters. The van der Waals surface area contributed by atoms with Crippen LogP contribution in [-0.2, 0) is 23.0 Å². The minimum atomic E-state index is -1.17. The number of thioether (sulfide) groups is 1. The lowest BCUT2D eigenvalue weighted by Crippen LogP contribution is -2.56. The number of halogens is 2. The van der Waals surface area contributed by atoms with Gasteiger partial charge in [-0.25, -0.2) is 4.79 Å². The van der Waals surface area contributed by atoms with Crippen molar-refractivity contribution < 1.29 is 19.5 Å². The molecule has 2 aromatic rings. The number of nitrogens with zero attached hydrogens (tertiary/aromatic N) is 1. The molecule has 31 heavy (non-hydrogen) atoms. The highest BCUT2D eigenvalue weighted by atomic mass is 79.9. The van der Waals surface area contributed by atoms with Crippen molar-refractivity contribution >= 4 is 61.4 Å². The van der Waals surface area contributed by atoms with E-state index in [9.17, 15) is 19.5 Å². The highest BCUT2D eigenvalue weighted by molar-refractivity contribution is 9.10. The second-order valence-electron chi connectivity index (χ2n) is 8.15. The van der Waals surface area contributed by atoms with Crippen molar-refractivity contribution in [2.24, 2.45) is 11.8 Å². The number of alkyl halides is 2. The quantitative estimate of drug-likeness (QED) is 0.437. The van der Waals surface area contributed by atoms with Crippen LogP contribution in [0.5, 0.6) is 0 Å². The number of hydrogen-bond acceptors (Lipinski definition) is 4. The first kappa shape index (κ1) is 21.2. The SMILES string of the molecule is CSCCC(C(=O)O)N1C(=O)C2C(C1=O)C1(Br)c3ccccc3C2(Br)c2ccccc21. The standard InChI is InChI=1S/C23H19Br2NO4S/c1-31-11-10-16(21(29)30)26-19(27)17-18(20(26)28)23(25)13-7-3-2-6-12(13)22(17,24)14-8-4-5-9-15(14)23/h2-9,16-18H,10-11H2,1H3,(H,29,30). The number of rotatable bonds is 5. The molecule has 6 rings (SSSR count). The van der Waals surface area contributed by atoms with Gasteiger partial charge in [0, 0.05) is 0 Å². The monoisotopic (exact) mass is 563 g/mol. The lowest BCUT2D eigenvalue weighted by Gasteiger charge is -2.55. The van der Waals surface area contributed by atoms with Crippen LogP contribution in [-0.4, -0.2) is 45.8 Å². The third-order valence-corrected chi connectivity index (χ3v) is 10.2. The Morgan fingerprint density at radius 2 is 1.35 bits per heavy atom. The molecule has 1 aliphatic heterocycles. The summed E-state index contributed by atoms with van der Waals surface area (Å²) in [6.07, 6.45) is 2.10. The lowest BCUT2D eigenvalue weighted by molar-refractivity contribution is -0.155. The number of benzene rings is 2. The van der Waals surface area contributed by atoms with Crippen LogP contribution in [0.2, 0.25) is 0 Å². The Morgan fingerprint density at radius 1 is 0.968 bits per heavy atom. The Hall–Kier alpha value is -1.64. The van der Waals surface area contributed by atoms with Crippen molar-refractivity contribution in [2.45, 2.75) is 21.1 Å². The number of carboxylic acid groups (broad SMARTS) is 1. The summed E-state index contributed by atoms with van der Waals surface area (Å²) >= 11 is 9.34. The van der Waals surface area contributed by atoms with Crippen LogP contribution in [0.4, 0.5) is 0 Å². The van der Waals surface area contributed by atoms with Crippen molar-refractivity contribution in [1.29, 1.82) is 0 Å². The largest absolute Gasteiger partial charge is 0.480 e.